The van der Waals surface area contributed by atoms with Crippen LogP contribution in [0.2, 0.25) is 10.0 Å². The van der Waals surface area contributed by atoms with Gasteiger partial charge in [-0.3, -0.25) is 4.98 Å². The second kappa shape index (κ2) is 7.99. The van der Waals surface area contributed by atoms with Crippen LogP contribution in [0, 0.1) is 0 Å². The molecular formula is C20H21Cl3N2. The van der Waals surface area contributed by atoms with Crippen molar-refractivity contribution in [1.82, 2.24) is 4.98 Å². The topological polar surface area (TPSA) is 38.9 Å². The van der Waals surface area contributed by atoms with E-state index in [1.165, 1.54) is 11.1 Å². The normalized spacial score (nSPS) is 22.3. The van der Waals surface area contributed by atoms with Crippen LogP contribution in [0.1, 0.15) is 48.9 Å². The Morgan fingerprint density at radius 1 is 1.28 bits per heavy atom. The van der Waals surface area contributed by atoms with Crippen LogP contribution in [0.15, 0.2) is 36.0 Å². The summed E-state index contributed by atoms with van der Waals surface area (Å²) in [5, 5.41) is 1.26. The summed E-state index contributed by atoms with van der Waals surface area (Å²) in [5.41, 5.74) is 11.5. The zero-order chi connectivity index (χ0) is 18.0. The van der Waals surface area contributed by atoms with Crippen LogP contribution < -0.4 is 5.73 Å². The van der Waals surface area contributed by atoms with E-state index in [0.717, 1.165) is 42.6 Å². The smallest absolute Gasteiger partial charge is 0.0632 e. The minimum atomic E-state index is -0.0249. The maximum absolute atomic E-state index is 6.69. The van der Waals surface area contributed by atoms with E-state index in [2.05, 4.69) is 18.0 Å². The number of aryl methyl sites for hydroxylation is 1. The number of nitrogens with two attached hydrogens (primary N) is 1. The molecule has 1 aliphatic carbocycles. The molecule has 2 atom stereocenters. The van der Waals surface area contributed by atoms with E-state index in [-0.39, 0.29) is 5.38 Å². The molecule has 0 saturated heterocycles. The third kappa shape index (κ3) is 4.13. The maximum Gasteiger partial charge on any atom is 0.0632 e. The van der Waals surface area contributed by atoms with Gasteiger partial charge in [-0.1, -0.05) is 47.8 Å². The molecule has 1 aromatic carbocycles. The third-order valence-electron chi connectivity index (χ3n) is 4.86. The standard InChI is InChI=1S/C20H21Cl3N2/c1-2-19-20(24)16(7-8-25-19)12-3-4-13(17(22)10-12)9-14-5-6-15(21)11-18(14)23/h5-9,11-12,17H,2-4,10,24H2,1H3. The quantitative estimate of drug-likeness (QED) is 0.603. The van der Waals surface area contributed by atoms with Gasteiger partial charge in [0.05, 0.1) is 16.8 Å². The highest BCUT2D eigenvalue weighted by Crippen LogP contribution is 2.41. The molecule has 0 amide bonds. The van der Waals surface area contributed by atoms with E-state index in [1.54, 1.807) is 6.07 Å². The first-order chi connectivity index (χ1) is 12.0. The van der Waals surface area contributed by atoms with E-state index < -0.39 is 0 Å². The number of rotatable bonds is 3. The zero-order valence-corrected chi connectivity index (χ0v) is 16.4. The third-order valence-corrected chi connectivity index (χ3v) is 5.88. The first kappa shape index (κ1) is 18.6. The van der Waals surface area contributed by atoms with Crippen molar-refractivity contribution in [3.8, 4) is 0 Å². The van der Waals surface area contributed by atoms with Gasteiger partial charge in [0.25, 0.3) is 0 Å². The summed E-state index contributed by atoms with van der Waals surface area (Å²) in [4.78, 5) is 4.36. The van der Waals surface area contributed by atoms with Gasteiger partial charge in [0.2, 0.25) is 0 Å². The number of allylic oxidation sites excluding steroid dienone is 1. The van der Waals surface area contributed by atoms with Gasteiger partial charge in [-0.15, -0.1) is 11.6 Å². The number of aromatic nitrogens is 1. The molecule has 0 bridgehead atoms. The molecule has 2 nitrogen and oxygen atoms in total. The molecule has 5 heteroatoms. The molecule has 3 rings (SSSR count). The van der Waals surface area contributed by atoms with Gasteiger partial charge in [-0.25, -0.2) is 0 Å². The highest BCUT2D eigenvalue weighted by molar-refractivity contribution is 6.35. The molecule has 1 aromatic heterocycles. The van der Waals surface area contributed by atoms with Crippen LogP contribution >= 0.6 is 34.8 Å². The number of halogens is 3. The molecule has 2 unspecified atom stereocenters. The highest BCUT2D eigenvalue weighted by atomic mass is 35.5. The van der Waals surface area contributed by atoms with Crippen molar-refractivity contribution in [2.45, 2.75) is 43.9 Å². The Morgan fingerprint density at radius 3 is 2.76 bits per heavy atom. The Bertz CT molecular complexity index is 802. The molecule has 0 spiro atoms. The van der Waals surface area contributed by atoms with Gasteiger partial charge in [0.1, 0.15) is 0 Å². The molecule has 25 heavy (non-hydrogen) atoms. The van der Waals surface area contributed by atoms with Crippen molar-refractivity contribution in [2.24, 2.45) is 0 Å². The molecule has 1 heterocycles. The first-order valence-electron chi connectivity index (χ1n) is 8.52. The summed E-state index contributed by atoms with van der Waals surface area (Å²) >= 11 is 18.9. The predicted molar refractivity (Wildman–Crippen MR) is 109 cm³/mol. The van der Waals surface area contributed by atoms with Crippen LogP contribution in [0.25, 0.3) is 6.08 Å². The van der Waals surface area contributed by atoms with E-state index in [4.69, 9.17) is 40.5 Å². The Hall–Kier alpha value is -1.22. The second-order valence-corrected chi connectivity index (χ2v) is 7.81. The zero-order valence-electron chi connectivity index (χ0n) is 14.1. The van der Waals surface area contributed by atoms with Crippen molar-refractivity contribution >= 4 is 46.6 Å². The first-order valence-corrected chi connectivity index (χ1v) is 9.71. The number of anilines is 1. The van der Waals surface area contributed by atoms with Crippen LogP contribution in [-0.4, -0.2) is 10.4 Å². The summed E-state index contributed by atoms with van der Waals surface area (Å²) < 4.78 is 0. The lowest BCUT2D eigenvalue weighted by molar-refractivity contribution is 0.524. The fourth-order valence-electron chi connectivity index (χ4n) is 3.45. The van der Waals surface area contributed by atoms with E-state index in [9.17, 15) is 0 Å². The molecule has 0 aliphatic heterocycles. The fourth-order valence-corrected chi connectivity index (χ4v) is 4.30. The molecule has 132 valence electrons. The van der Waals surface area contributed by atoms with Gasteiger partial charge in [0, 0.05) is 16.2 Å². The van der Waals surface area contributed by atoms with Crippen molar-refractivity contribution in [3.05, 3.63) is 62.9 Å². The SMILES string of the molecule is CCc1nccc(C2CCC(=Cc3ccc(Cl)cc3Cl)C(Cl)C2)c1N. The second-order valence-electron chi connectivity index (χ2n) is 6.44. The Kier molecular flexibility index (Phi) is 5.93. The number of nitrogen functional groups attached to an aromatic ring is 1. The van der Waals surface area contributed by atoms with Gasteiger partial charge in [0.15, 0.2) is 0 Å². The van der Waals surface area contributed by atoms with Crippen molar-refractivity contribution < 1.29 is 0 Å². The Labute approximate surface area is 164 Å². The molecule has 1 aliphatic rings. The van der Waals surface area contributed by atoms with Crippen LogP contribution in [0.3, 0.4) is 0 Å². The largest absolute Gasteiger partial charge is 0.397 e. The van der Waals surface area contributed by atoms with Crippen molar-refractivity contribution in [1.29, 1.82) is 0 Å². The van der Waals surface area contributed by atoms with Crippen LogP contribution in [0.5, 0.6) is 0 Å². The number of hydrogen-bond acceptors (Lipinski definition) is 2. The number of nitrogens with zero attached hydrogens (tertiary/aromatic N) is 1. The van der Waals surface area contributed by atoms with Gasteiger partial charge in [-0.05, 0) is 60.9 Å². The molecular weight excluding hydrogens is 375 g/mol. The number of hydrogen-bond donors (Lipinski definition) is 1. The fraction of sp³-hybridized carbons (Fsp3) is 0.350. The van der Waals surface area contributed by atoms with Crippen molar-refractivity contribution in [3.63, 3.8) is 0 Å². The Morgan fingerprint density at radius 2 is 2.08 bits per heavy atom. The van der Waals surface area contributed by atoms with Crippen LogP contribution in [0.4, 0.5) is 5.69 Å². The summed E-state index contributed by atoms with van der Waals surface area (Å²) in [7, 11) is 0. The summed E-state index contributed by atoms with van der Waals surface area (Å²) in [6, 6.07) is 7.57. The summed E-state index contributed by atoms with van der Waals surface area (Å²) in [6.07, 6.45) is 7.62. The summed E-state index contributed by atoms with van der Waals surface area (Å²) in [6.45, 7) is 2.07. The lowest BCUT2D eigenvalue weighted by atomic mass is 9.80. The molecule has 2 N–H and O–H groups in total. The minimum absolute atomic E-state index is 0.0249. The molecule has 0 radical (unpaired) electrons. The maximum atomic E-state index is 6.69. The van der Waals surface area contributed by atoms with Gasteiger partial charge < -0.3 is 5.73 Å². The van der Waals surface area contributed by atoms with Crippen LogP contribution in [-0.2, 0) is 6.42 Å². The van der Waals surface area contributed by atoms with Gasteiger partial charge in [-0.2, -0.15) is 0 Å². The van der Waals surface area contributed by atoms with E-state index in [0.29, 0.717) is 16.0 Å². The molecule has 2 aromatic rings. The predicted octanol–water partition coefficient (Wildman–Crippen LogP) is 6.49. The lowest BCUT2D eigenvalue weighted by Crippen LogP contribution is -2.18. The lowest BCUT2D eigenvalue weighted by Gasteiger charge is -2.29. The number of benzene rings is 1. The monoisotopic (exact) mass is 394 g/mol. The average molecular weight is 396 g/mol. The van der Waals surface area contributed by atoms with E-state index in [1.807, 2.05) is 24.4 Å². The van der Waals surface area contributed by atoms with Crippen molar-refractivity contribution in [2.75, 3.05) is 5.73 Å². The molecule has 1 saturated carbocycles. The highest BCUT2D eigenvalue weighted by Gasteiger charge is 2.27. The number of pyridine rings is 1. The number of alkyl halides is 1. The van der Waals surface area contributed by atoms with E-state index >= 15 is 0 Å². The Balaban J connectivity index is 1.80. The average Bonchev–Trinajstić information content (AvgIpc) is 2.59. The molecule has 1 fully saturated rings. The minimum Gasteiger partial charge on any atom is -0.397 e. The van der Waals surface area contributed by atoms with Gasteiger partial charge >= 0.3 is 0 Å². The summed E-state index contributed by atoms with van der Waals surface area (Å²) in [5.74, 6) is 0.369.